The van der Waals surface area contributed by atoms with E-state index in [4.69, 9.17) is 9.41 Å². The number of aryl methyl sites for hydroxylation is 2. The van der Waals surface area contributed by atoms with E-state index < -0.39 is 9.92 Å². The van der Waals surface area contributed by atoms with Crippen LogP contribution in [0.4, 0.5) is 5.69 Å². The average molecular weight is 352 g/mol. The molecule has 0 saturated carbocycles. The van der Waals surface area contributed by atoms with Crippen LogP contribution in [-0.4, -0.2) is 38.4 Å². The van der Waals surface area contributed by atoms with Crippen molar-refractivity contribution in [3.63, 3.8) is 0 Å². The quantitative estimate of drug-likeness (QED) is 0.258. The number of rotatable bonds is 7. The largest absolute Gasteiger partial charge is 0.290 e. The Hall–Kier alpha value is -2.30. The molecule has 1 atom stereocenters. The zero-order chi connectivity index (χ0) is 17.6. The third-order valence-corrected chi connectivity index (χ3v) is 3.85. The van der Waals surface area contributed by atoms with Crippen LogP contribution in [0.25, 0.3) is 0 Å². The zero-order valence-corrected chi connectivity index (χ0v) is 14.3. The van der Waals surface area contributed by atoms with E-state index in [0.29, 0.717) is 36.5 Å². The monoisotopic (exact) mass is 352 g/mol. The van der Waals surface area contributed by atoms with Crippen LogP contribution in [0.2, 0.25) is 0 Å². The molecule has 0 aliphatic rings. The Morgan fingerprint density at radius 3 is 2.92 bits per heavy atom. The second-order valence-electron chi connectivity index (χ2n) is 5.31. The van der Waals surface area contributed by atoms with Crippen molar-refractivity contribution in [2.24, 2.45) is 4.99 Å². The third kappa shape index (κ3) is 5.41. The second kappa shape index (κ2) is 7.99. The minimum Gasteiger partial charge on any atom is -0.290 e. The molecule has 1 aromatic carbocycles. The molecule has 0 bridgehead atoms. The lowest BCUT2D eigenvalue weighted by molar-refractivity contribution is 0.234. The Bertz CT molecular complexity index is 815. The molecule has 4 N–H and O–H groups in total. The van der Waals surface area contributed by atoms with Gasteiger partial charge >= 0.3 is 0 Å². The fraction of sp³-hybridized carbons (Fsp3) is 0.357. The van der Waals surface area contributed by atoms with Crippen molar-refractivity contribution in [2.45, 2.75) is 19.8 Å². The molecule has 2 aromatic rings. The molecular weight excluding hydrogens is 332 g/mol. The van der Waals surface area contributed by atoms with Crippen LogP contribution in [0.1, 0.15) is 23.4 Å². The SMILES string of the molecule is Cc1cccc(N=C(NO)c2nonc2CCCNS(C)(=N)=O)c1. The van der Waals surface area contributed by atoms with E-state index in [-0.39, 0.29) is 5.84 Å². The molecular formula is C14H20N6O3S. The summed E-state index contributed by atoms with van der Waals surface area (Å²) in [6.07, 6.45) is 2.36. The van der Waals surface area contributed by atoms with Crippen LogP contribution in [0.3, 0.4) is 0 Å². The Morgan fingerprint density at radius 2 is 2.25 bits per heavy atom. The zero-order valence-electron chi connectivity index (χ0n) is 13.4. The molecule has 0 saturated heterocycles. The van der Waals surface area contributed by atoms with E-state index in [0.717, 1.165) is 5.56 Å². The summed E-state index contributed by atoms with van der Waals surface area (Å²) in [6, 6.07) is 7.47. The molecule has 0 amide bonds. The molecule has 0 spiro atoms. The normalized spacial score (nSPS) is 14.4. The lowest BCUT2D eigenvalue weighted by Gasteiger charge is -2.05. The number of aromatic nitrogens is 2. The van der Waals surface area contributed by atoms with E-state index in [1.54, 1.807) is 6.07 Å². The molecule has 0 aliphatic heterocycles. The summed E-state index contributed by atoms with van der Waals surface area (Å²) < 4.78 is 25.9. The first-order chi connectivity index (χ1) is 11.4. The smallest absolute Gasteiger partial charge is 0.181 e. The summed E-state index contributed by atoms with van der Waals surface area (Å²) in [5.74, 6) is 0.129. The predicted molar refractivity (Wildman–Crippen MR) is 89.7 cm³/mol. The lowest BCUT2D eigenvalue weighted by Crippen LogP contribution is -2.24. The third-order valence-electron chi connectivity index (χ3n) is 3.10. The summed E-state index contributed by atoms with van der Waals surface area (Å²) >= 11 is 0. The van der Waals surface area contributed by atoms with Gasteiger partial charge in [0.2, 0.25) is 0 Å². The van der Waals surface area contributed by atoms with Crippen LogP contribution in [-0.2, 0) is 16.3 Å². The fourth-order valence-corrected chi connectivity index (χ4v) is 2.56. The number of amidine groups is 1. The average Bonchev–Trinajstić information content (AvgIpc) is 2.96. The molecule has 9 nitrogen and oxygen atoms in total. The van der Waals surface area contributed by atoms with Crippen molar-refractivity contribution in [3.05, 3.63) is 41.2 Å². The van der Waals surface area contributed by atoms with Gasteiger partial charge in [-0.2, -0.15) is 0 Å². The molecule has 130 valence electrons. The van der Waals surface area contributed by atoms with Crippen molar-refractivity contribution in [2.75, 3.05) is 12.8 Å². The number of aliphatic imine (C=N–C) groups is 1. The molecule has 0 aliphatic carbocycles. The van der Waals surface area contributed by atoms with Gasteiger partial charge in [-0.3, -0.25) is 10.7 Å². The first-order valence-electron chi connectivity index (χ1n) is 7.24. The standard InChI is InChI=1S/C14H20N6O3S/c1-10-5-3-6-11(9-10)17-14(18-21)13-12(19-23-20-13)7-4-8-16-24(2,15)22/h3,5-6,9,21H,4,7-8H2,1-2H3,(H,17,18)(H2,15,16,22). The molecule has 0 radical (unpaired) electrons. The lowest BCUT2D eigenvalue weighted by atomic mass is 10.2. The maximum absolute atomic E-state index is 11.2. The van der Waals surface area contributed by atoms with Crippen LogP contribution in [0.15, 0.2) is 33.9 Å². The number of hydrogen-bond acceptors (Lipinski definition) is 7. The van der Waals surface area contributed by atoms with Gasteiger partial charge in [0.25, 0.3) is 0 Å². The van der Waals surface area contributed by atoms with Crippen molar-refractivity contribution >= 4 is 21.4 Å². The van der Waals surface area contributed by atoms with Crippen LogP contribution >= 0.6 is 0 Å². The van der Waals surface area contributed by atoms with Crippen molar-refractivity contribution in [1.29, 1.82) is 4.78 Å². The van der Waals surface area contributed by atoms with Gasteiger partial charge in [0.1, 0.15) is 15.6 Å². The van der Waals surface area contributed by atoms with E-state index in [1.165, 1.54) is 6.26 Å². The van der Waals surface area contributed by atoms with Crippen molar-refractivity contribution in [1.82, 2.24) is 20.5 Å². The summed E-state index contributed by atoms with van der Waals surface area (Å²) in [5, 5.41) is 17.0. The van der Waals surface area contributed by atoms with E-state index in [9.17, 15) is 9.42 Å². The highest BCUT2D eigenvalue weighted by Crippen LogP contribution is 2.16. The highest BCUT2D eigenvalue weighted by atomic mass is 32.2. The molecule has 1 heterocycles. The first-order valence-corrected chi connectivity index (χ1v) is 9.21. The van der Waals surface area contributed by atoms with Gasteiger partial charge in [-0.05, 0) is 42.6 Å². The topological polar surface area (TPSA) is 136 Å². The predicted octanol–water partition coefficient (Wildman–Crippen LogP) is 1.55. The molecule has 10 heteroatoms. The van der Waals surface area contributed by atoms with Gasteiger partial charge in [-0.25, -0.2) is 23.3 Å². The summed E-state index contributed by atoms with van der Waals surface area (Å²) in [6.45, 7) is 2.33. The number of hydroxylamine groups is 1. The van der Waals surface area contributed by atoms with E-state index in [2.05, 4.69) is 20.0 Å². The van der Waals surface area contributed by atoms with Gasteiger partial charge in [-0.15, -0.1) is 0 Å². The Labute approximate surface area is 140 Å². The summed E-state index contributed by atoms with van der Waals surface area (Å²) in [4.78, 5) is 4.31. The minimum absolute atomic E-state index is 0.129. The Morgan fingerprint density at radius 1 is 1.46 bits per heavy atom. The fourth-order valence-electron chi connectivity index (χ4n) is 2.03. The van der Waals surface area contributed by atoms with Gasteiger partial charge in [-0.1, -0.05) is 17.3 Å². The minimum atomic E-state index is -2.73. The summed E-state index contributed by atoms with van der Waals surface area (Å²) in [7, 11) is -2.73. The number of benzene rings is 1. The first kappa shape index (κ1) is 18.0. The maximum atomic E-state index is 11.2. The van der Waals surface area contributed by atoms with Gasteiger partial charge in [0, 0.05) is 12.8 Å². The van der Waals surface area contributed by atoms with Gasteiger partial charge in [0.05, 0.1) is 5.69 Å². The van der Waals surface area contributed by atoms with E-state index in [1.807, 2.05) is 30.6 Å². The molecule has 1 unspecified atom stereocenters. The number of hydrogen-bond donors (Lipinski definition) is 4. The second-order valence-corrected chi connectivity index (χ2v) is 7.29. The van der Waals surface area contributed by atoms with Crippen molar-refractivity contribution < 1.29 is 14.0 Å². The van der Waals surface area contributed by atoms with Gasteiger partial charge < -0.3 is 0 Å². The number of nitrogens with zero attached hydrogens (tertiary/aromatic N) is 3. The highest BCUT2D eigenvalue weighted by molar-refractivity contribution is 7.89. The van der Waals surface area contributed by atoms with Crippen LogP contribution in [0, 0.1) is 11.7 Å². The maximum Gasteiger partial charge on any atom is 0.181 e. The molecule has 1 aromatic heterocycles. The Kier molecular flexibility index (Phi) is 6.01. The molecule has 2 rings (SSSR count). The molecule has 24 heavy (non-hydrogen) atoms. The number of nitrogens with one attached hydrogen (secondary N) is 3. The molecule has 0 fully saturated rings. The van der Waals surface area contributed by atoms with Crippen LogP contribution in [0.5, 0.6) is 0 Å². The van der Waals surface area contributed by atoms with Crippen molar-refractivity contribution in [3.8, 4) is 0 Å². The van der Waals surface area contributed by atoms with Gasteiger partial charge in [0.15, 0.2) is 11.5 Å². The van der Waals surface area contributed by atoms with Crippen LogP contribution < -0.4 is 10.2 Å². The van der Waals surface area contributed by atoms with E-state index >= 15 is 0 Å². The summed E-state index contributed by atoms with van der Waals surface area (Å²) in [5.41, 5.74) is 4.54. The highest BCUT2D eigenvalue weighted by Gasteiger charge is 2.16. The Balaban J connectivity index is 2.11.